The van der Waals surface area contributed by atoms with Crippen LogP contribution in [0.3, 0.4) is 0 Å². The van der Waals surface area contributed by atoms with Gasteiger partial charge in [0.05, 0.1) is 5.56 Å². The number of piperidine rings is 1. The van der Waals surface area contributed by atoms with Gasteiger partial charge in [-0.25, -0.2) is 4.79 Å². The Morgan fingerprint density at radius 1 is 1.57 bits per heavy atom. The van der Waals surface area contributed by atoms with Gasteiger partial charge in [-0.05, 0) is 46.6 Å². The van der Waals surface area contributed by atoms with Crippen molar-refractivity contribution in [2.24, 2.45) is 0 Å². The lowest BCUT2D eigenvalue weighted by atomic mass is 9.98. The van der Waals surface area contributed by atoms with Crippen molar-refractivity contribution in [2.75, 3.05) is 6.54 Å². The summed E-state index contributed by atoms with van der Waals surface area (Å²) in [6, 6.07) is 4.63. The first-order chi connectivity index (χ1) is 10.8. The molecule has 1 N–H and O–H groups in total. The first-order valence-electron chi connectivity index (χ1n) is 7.99. The molecule has 23 heavy (non-hydrogen) atoms. The Morgan fingerprint density at radius 3 is 2.87 bits per heavy atom. The third-order valence-corrected chi connectivity index (χ3v) is 4.79. The summed E-state index contributed by atoms with van der Waals surface area (Å²) >= 11 is 1.61. The minimum Gasteiger partial charge on any atom is -0.444 e. The number of nitriles is 1. The second kappa shape index (κ2) is 7.33. The Hall–Kier alpha value is -1.58. The summed E-state index contributed by atoms with van der Waals surface area (Å²) < 4.78 is 5.46. The Labute approximate surface area is 142 Å². The van der Waals surface area contributed by atoms with Gasteiger partial charge in [-0.15, -0.1) is 11.3 Å². The van der Waals surface area contributed by atoms with Crippen LogP contribution in [0.25, 0.3) is 0 Å². The third kappa shape index (κ3) is 5.22. The van der Waals surface area contributed by atoms with Crippen LogP contribution >= 0.6 is 11.3 Å². The summed E-state index contributed by atoms with van der Waals surface area (Å²) in [7, 11) is 0. The fourth-order valence-electron chi connectivity index (χ4n) is 2.73. The third-order valence-electron chi connectivity index (χ3n) is 3.85. The molecule has 2 heterocycles. The SMILES string of the molecule is CC1CC(NCc2cc(C#N)cs2)CCN1C(=O)OC(C)(C)C. The predicted molar refractivity (Wildman–Crippen MR) is 91.3 cm³/mol. The molecule has 0 bridgehead atoms. The molecule has 0 radical (unpaired) electrons. The summed E-state index contributed by atoms with van der Waals surface area (Å²) in [6.07, 6.45) is 1.61. The van der Waals surface area contributed by atoms with Gasteiger partial charge in [0.25, 0.3) is 0 Å². The second-order valence-electron chi connectivity index (χ2n) is 7.04. The van der Waals surface area contributed by atoms with Crippen LogP contribution < -0.4 is 5.32 Å². The number of carbonyl (C=O) groups excluding carboxylic acids is 1. The lowest BCUT2D eigenvalue weighted by Gasteiger charge is -2.38. The van der Waals surface area contributed by atoms with Crippen molar-refractivity contribution in [1.29, 1.82) is 5.26 Å². The van der Waals surface area contributed by atoms with Crippen molar-refractivity contribution in [3.05, 3.63) is 21.9 Å². The van der Waals surface area contributed by atoms with Crippen molar-refractivity contribution in [3.8, 4) is 6.07 Å². The van der Waals surface area contributed by atoms with Crippen LogP contribution in [0.4, 0.5) is 4.79 Å². The first-order valence-corrected chi connectivity index (χ1v) is 8.87. The van der Waals surface area contributed by atoms with Crippen LogP contribution in [0.5, 0.6) is 0 Å². The number of rotatable bonds is 3. The highest BCUT2D eigenvalue weighted by molar-refractivity contribution is 7.10. The van der Waals surface area contributed by atoms with Crippen LogP contribution in [-0.2, 0) is 11.3 Å². The number of hydrogen-bond acceptors (Lipinski definition) is 5. The normalized spacial score (nSPS) is 21.8. The quantitative estimate of drug-likeness (QED) is 0.918. The monoisotopic (exact) mass is 335 g/mol. The number of amides is 1. The van der Waals surface area contributed by atoms with Gasteiger partial charge in [0.15, 0.2) is 0 Å². The average molecular weight is 335 g/mol. The molecule has 0 aromatic carbocycles. The molecule has 1 aromatic heterocycles. The Morgan fingerprint density at radius 2 is 2.30 bits per heavy atom. The molecule has 5 nitrogen and oxygen atoms in total. The van der Waals surface area contributed by atoms with Gasteiger partial charge in [-0.2, -0.15) is 5.26 Å². The average Bonchev–Trinajstić information content (AvgIpc) is 2.91. The molecule has 1 saturated heterocycles. The highest BCUT2D eigenvalue weighted by Gasteiger charge is 2.31. The van der Waals surface area contributed by atoms with Gasteiger partial charge in [0.1, 0.15) is 11.7 Å². The highest BCUT2D eigenvalue weighted by atomic mass is 32.1. The number of carbonyl (C=O) groups is 1. The summed E-state index contributed by atoms with van der Waals surface area (Å²) in [4.78, 5) is 15.2. The van der Waals surface area contributed by atoms with Crippen molar-refractivity contribution >= 4 is 17.4 Å². The van der Waals surface area contributed by atoms with Gasteiger partial charge in [0.2, 0.25) is 0 Å². The van der Waals surface area contributed by atoms with E-state index in [1.165, 1.54) is 4.88 Å². The van der Waals surface area contributed by atoms with E-state index in [0.717, 1.165) is 24.9 Å². The molecule has 2 rings (SSSR count). The maximum atomic E-state index is 12.2. The summed E-state index contributed by atoms with van der Waals surface area (Å²) in [5.74, 6) is 0. The smallest absolute Gasteiger partial charge is 0.410 e. The second-order valence-corrected chi connectivity index (χ2v) is 8.03. The van der Waals surface area contributed by atoms with Crippen molar-refractivity contribution in [3.63, 3.8) is 0 Å². The number of likely N-dealkylation sites (tertiary alicyclic amines) is 1. The molecule has 0 saturated carbocycles. The van der Waals surface area contributed by atoms with E-state index in [0.29, 0.717) is 12.6 Å². The minimum absolute atomic E-state index is 0.161. The molecule has 2 atom stereocenters. The molecule has 6 heteroatoms. The van der Waals surface area contributed by atoms with E-state index in [-0.39, 0.29) is 12.1 Å². The zero-order valence-corrected chi connectivity index (χ0v) is 15.1. The largest absolute Gasteiger partial charge is 0.444 e. The van der Waals surface area contributed by atoms with E-state index in [4.69, 9.17) is 10.00 Å². The molecule has 1 aliphatic rings. The van der Waals surface area contributed by atoms with E-state index in [9.17, 15) is 4.79 Å². The molecule has 1 aliphatic heterocycles. The van der Waals surface area contributed by atoms with Gasteiger partial charge in [-0.1, -0.05) is 0 Å². The number of nitrogens with one attached hydrogen (secondary N) is 1. The molecule has 126 valence electrons. The lowest BCUT2D eigenvalue weighted by Crippen LogP contribution is -2.50. The van der Waals surface area contributed by atoms with Gasteiger partial charge in [-0.3, -0.25) is 0 Å². The number of nitrogens with zero attached hydrogens (tertiary/aromatic N) is 2. The van der Waals surface area contributed by atoms with E-state index in [2.05, 4.69) is 18.3 Å². The van der Waals surface area contributed by atoms with Crippen LogP contribution in [0.2, 0.25) is 0 Å². The number of ether oxygens (including phenoxy) is 1. The molecule has 0 aliphatic carbocycles. The Bertz CT molecular complexity index is 585. The van der Waals surface area contributed by atoms with Crippen LogP contribution in [0.15, 0.2) is 11.4 Å². The fraction of sp³-hybridized carbons (Fsp3) is 0.647. The first kappa shape index (κ1) is 17.8. The molecule has 2 unspecified atom stereocenters. The molecule has 1 aromatic rings. The zero-order chi connectivity index (χ0) is 17.0. The summed E-state index contributed by atoms with van der Waals surface area (Å²) in [6.45, 7) is 9.22. The zero-order valence-electron chi connectivity index (χ0n) is 14.3. The van der Waals surface area contributed by atoms with Crippen molar-refractivity contribution in [1.82, 2.24) is 10.2 Å². The molecular formula is C17H25N3O2S. The summed E-state index contributed by atoms with van der Waals surface area (Å²) in [5, 5.41) is 14.3. The maximum absolute atomic E-state index is 12.2. The Balaban J connectivity index is 1.81. The predicted octanol–water partition coefficient (Wildman–Crippen LogP) is 3.50. The molecule has 0 spiro atoms. The van der Waals surface area contributed by atoms with Crippen molar-refractivity contribution < 1.29 is 9.53 Å². The van der Waals surface area contributed by atoms with E-state index < -0.39 is 5.60 Å². The molecule has 1 amide bonds. The lowest BCUT2D eigenvalue weighted by molar-refractivity contribution is 0.00933. The maximum Gasteiger partial charge on any atom is 0.410 e. The topological polar surface area (TPSA) is 65.4 Å². The fourth-order valence-corrected chi connectivity index (χ4v) is 3.49. The molecular weight excluding hydrogens is 310 g/mol. The van der Waals surface area contributed by atoms with Crippen LogP contribution in [0.1, 0.15) is 51.0 Å². The van der Waals surface area contributed by atoms with E-state index >= 15 is 0 Å². The van der Waals surface area contributed by atoms with Gasteiger partial charge < -0.3 is 15.0 Å². The standard InChI is InChI=1S/C17H25N3O2S/c1-12-7-14(19-10-15-8-13(9-18)11-23-15)5-6-20(12)16(21)22-17(2,3)4/h8,11-12,14,19H,5-7,10H2,1-4H3. The number of thiophene rings is 1. The highest BCUT2D eigenvalue weighted by Crippen LogP contribution is 2.21. The number of hydrogen-bond donors (Lipinski definition) is 1. The van der Waals surface area contributed by atoms with E-state index in [1.807, 2.05) is 37.1 Å². The van der Waals surface area contributed by atoms with Crippen LogP contribution in [-0.4, -0.2) is 35.2 Å². The minimum atomic E-state index is -0.455. The van der Waals surface area contributed by atoms with Crippen molar-refractivity contribution in [2.45, 2.75) is 64.8 Å². The summed E-state index contributed by atoms with van der Waals surface area (Å²) in [5.41, 5.74) is 0.267. The Kier molecular flexibility index (Phi) is 5.66. The van der Waals surface area contributed by atoms with Crippen LogP contribution in [0, 0.1) is 11.3 Å². The van der Waals surface area contributed by atoms with E-state index in [1.54, 1.807) is 11.3 Å². The van der Waals surface area contributed by atoms with Gasteiger partial charge >= 0.3 is 6.09 Å². The molecule has 1 fully saturated rings. The van der Waals surface area contributed by atoms with Gasteiger partial charge in [0, 0.05) is 35.4 Å².